The van der Waals surface area contributed by atoms with E-state index in [1.54, 1.807) is 6.07 Å². The van der Waals surface area contributed by atoms with E-state index in [4.69, 9.17) is 10.00 Å². The van der Waals surface area contributed by atoms with Crippen molar-refractivity contribution in [2.45, 2.75) is 18.7 Å². The largest absolute Gasteiger partial charge is 0.472 e. The first kappa shape index (κ1) is 17.0. The van der Waals surface area contributed by atoms with Gasteiger partial charge in [-0.3, -0.25) is 0 Å². The third-order valence-corrected chi connectivity index (χ3v) is 3.94. The van der Waals surface area contributed by atoms with Gasteiger partial charge in [0.1, 0.15) is 23.6 Å². The maximum atomic E-state index is 13.7. The van der Waals surface area contributed by atoms with Crippen LogP contribution < -0.4 is 9.64 Å². The number of hydrogen-bond acceptors (Lipinski definition) is 4. The van der Waals surface area contributed by atoms with Gasteiger partial charge in [0, 0.05) is 25.2 Å². The summed E-state index contributed by atoms with van der Waals surface area (Å²) in [7, 11) is 0. The smallest absolute Gasteiger partial charge is 0.417 e. The highest BCUT2D eigenvalue weighted by molar-refractivity contribution is 5.60. The van der Waals surface area contributed by atoms with E-state index in [1.807, 2.05) is 11.0 Å². The van der Waals surface area contributed by atoms with Crippen molar-refractivity contribution in [1.82, 2.24) is 4.98 Å². The quantitative estimate of drug-likeness (QED) is 0.790. The molecule has 0 N–H and O–H groups in total. The fraction of sp³-hybridized carbons (Fsp3) is 0.294. The second-order valence-electron chi connectivity index (χ2n) is 5.60. The average Bonchev–Trinajstić information content (AvgIpc) is 3.02. The van der Waals surface area contributed by atoms with Gasteiger partial charge in [0.25, 0.3) is 0 Å². The van der Waals surface area contributed by atoms with Gasteiger partial charge in [-0.2, -0.15) is 18.4 Å². The van der Waals surface area contributed by atoms with E-state index < -0.39 is 17.6 Å². The predicted octanol–water partition coefficient (Wildman–Crippen LogP) is 3.77. The molecule has 1 aliphatic rings. The molecule has 1 aromatic carbocycles. The molecule has 1 fully saturated rings. The van der Waals surface area contributed by atoms with E-state index >= 15 is 0 Å². The predicted molar refractivity (Wildman–Crippen MR) is 81.6 cm³/mol. The summed E-state index contributed by atoms with van der Waals surface area (Å²) >= 11 is 0. The van der Waals surface area contributed by atoms with Crippen LogP contribution in [0, 0.1) is 17.1 Å². The molecule has 1 aliphatic heterocycles. The number of pyridine rings is 1. The molecule has 2 heterocycles. The van der Waals surface area contributed by atoms with Crippen LogP contribution in [0.4, 0.5) is 23.2 Å². The Kier molecular flexibility index (Phi) is 4.49. The molecule has 25 heavy (non-hydrogen) atoms. The Bertz CT molecular complexity index is 799. The van der Waals surface area contributed by atoms with Crippen LogP contribution in [-0.4, -0.2) is 24.2 Å². The number of aromatic nitrogens is 1. The van der Waals surface area contributed by atoms with Crippen LogP contribution in [-0.2, 0) is 6.18 Å². The zero-order valence-electron chi connectivity index (χ0n) is 12.9. The summed E-state index contributed by atoms with van der Waals surface area (Å²) in [6, 6.07) is 8.33. The fourth-order valence-electron chi connectivity index (χ4n) is 2.72. The van der Waals surface area contributed by atoms with E-state index in [0.29, 0.717) is 25.2 Å². The Morgan fingerprint density at radius 3 is 2.68 bits per heavy atom. The third-order valence-electron chi connectivity index (χ3n) is 3.94. The molecular weight excluding hydrogens is 338 g/mol. The molecule has 2 aromatic rings. The summed E-state index contributed by atoms with van der Waals surface area (Å²) in [4.78, 5) is 5.50. The summed E-state index contributed by atoms with van der Waals surface area (Å²) in [5.74, 6) is -0.492. The van der Waals surface area contributed by atoms with E-state index in [0.717, 1.165) is 12.3 Å². The molecule has 1 unspecified atom stereocenters. The molecular formula is C17H13F4N3O. The van der Waals surface area contributed by atoms with Crippen molar-refractivity contribution in [3.05, 3.63) is 53.5 Å². The van der Waals surface area contributed by atoms with Crippen molar-refractivity contribution in [3.8, 4) is 11.9 Å². The minimum Gasteiger partial charge on any atom is -0.472 e. The maximum Gasteiger partial charge on any atom is 0.417 e. The van der Waals surface area contributed by atoms with Gasteiger partial charge in [0.15, 0.2) is 0 Å². The number of hydrogen-bond donors (Lipinski definition) is 0. The third kappa shape index (κ3) is 3.65. The molecule has 1 aromatic heterocycles. The standard InChI is InChI=1S/C17H13F4N3O/c18-14-2-1-3-15(13(14)8-22)24-7-6-12(10-24)25-16-5-4-11(9-23-16)17(19,20)21/h1-5,9,12H,6-7,10H2. The molecule has 1 saturated heterocycles. The number of rotatable bonds is 3. The van der Waals surface area contributed by atoms with Crippen molar-refractivity contribution in [1.29, 1.82) is 5.26 Å². The molecule has 0 amide bonds. The highest BCUT2D eigenvalue weighted by Crippen LogP contribution is 2.30. The van der Waals surface area contributed by atoms with Crippen LogP contribution >= 0.6 is 0 Å². The van der Waals surface area contributed by atoms with E-state index in [1.165, 1.54) is 18.2 Å². The summed E-state index contributed by atoms with van der Waals surface area (Å²) in [5.41, 5.74) is -0.392. The van der Waals surface area contributed by atoms with Crippen LogP contribution in [0.3, 0.4) is 0 Å². The SMILES string of the molecule is N#Cc1c(F)cccc1N1CCC(Oc2ccc(C(F)(F)F)cn2)C1. The Morgan fingerprint density at radius 1 is 1.24 bits per heavy atom. The van der Waals surface area contributed by atoms with Crippen LogP contribution in [0.15, 0.2) is 36.5 Å². The molecule has 8 heteroatoms. The van der Waals surface area contributed by atoms with Crippen LogP contribution in [0.25, 0.3) is 0 Å². The summed E-state index contributed by atoms with van der Waals surface area (Å²) < 4.78 is 56.9. The first-order chi connectivity index (χ1) is 11.9. The highest BCUT2D eigenvalue weighted by Gasteiger charge is 2.31. The molecule has 3 rings (SSSR count). The topological polar surface area (TPSA) is 49.2 Å². The molecule has 4 nitrogen and oxygen atoms in total. The first-order valence-corrected chi connectivity index (χ1v) is 7.52. The lowest BCUT2D eigenvalue weighted by Gasteiger charge is -2.20. The Balaban J connectivity index is 1.68. The Hall–Kier alpha value is -2.82. The lowest BCUT2D eigenvalue weighted by Crippen LogP contribution is -2.25. The van der Waals surface area contributed by atoms with Gasteiger partial charge in [-0.1, -0.05) is 6.07 Å². The van der Waals surface area contributed by atoms with E-state index in [2.05, 4.69) is 4.98 Å². The zero-order valence-corrected chi connectivity index (χ0v) is 12.9. The molecule has 0 bridgehead atoms. The normalized spacial score (nSPS) is 17.4. The van der Waals surface area contributed by atoms with Gasteiger partial charge in [-0.15, -0.1) is 0 Å². The van der Waals surface area contributed by atoms with Crippen molar-refractivity contribution in [3.63, 3.8) is 0 Å². The van der Waals surface area contributed by atoms with E-state index in [9.17, 15) is 17.6 Å². The Morgan fingerprint density at radius 2 is 2.04 bits per heavy atom. The van der Waals surface area contributed by atoms with Gasteiger partial charge in [-0.25, -0.2) is 9.37 Å². The minimum absolute atomic E-state index is 0.0317. The van der Waals surface area contributed by atoms with Gasteiger partial charge in [0.05, 0.1) is 17.8 Å². The van der Waals surface area contributed by atoms with Gasteiger partial charge >= 0.3 is 6.18 Å². The van der Waals surface area contributed by atoms with Gasteiger partial charge in [-0.05, 0) is 18.2 Å². The Labute approximate surface area is 141 Å². The van der Waals surface area contributed by atoms with Gasteiger partial charge in [0.2, 0.25) is 5.88 Å². The lowest BCUT2D eigenvalue weighted by molar-refractivity contribution is -0.137. The highest BCUT2D eigenvalue weighted by atomic mass is 19.4. The molecule has 0 spiro atoms. The number of nitriles is 1. The average molecular weight is 351 g/mol. The zero-order chi connectivity index (χ0) is 18.0. The van der Waals surface area contributed by atoms with Crippen LogP contribution in [0.1, 0.15) is 17.5 Å². The minimum atomic E-state index is -4.44. The van der Waals surface area contributed by atoms with Crippen molar-refractivity contribution in [2.24, 2.45) is 0 Å². The van der Waals surface area contributed by atoms with Crippen LogP contribution in [0.5, 0.6) is 5.88 Å². The number of anilines is 1. The number of nitrogens with zero attached hydrogens (tertiary/aromatic N) is 3. The summed E-state index contributed by atoms with van der Waals surface area (Å²) in [6.45, 7) is 0.935. The summed E-state index contributed by atoms with van der Waals surface area (Å²) in [5, 5.41) is 9.10. The second-order valence-corrected chi connectivity index (χ2v) is 5.60. The molecule has 130 valence electrons. The first-order valence-electron chi connectivity index (χ1n) is 7.52. The molecule has 0 aliphatic carbocycles. The molecule has 0 radical (unpaired) electrons. The number of alkyl halides is 3. The maximum absolute atomic E-state index is 13.7. The number of ether oxygens (including phenoxy) is 1. The van der Waals surface area contributed by atoms with Crippen LogP contribution in [0.2, 0.25) is 0 Å². The van der Waals surface area contributed by atoms with Crippen molar-refractivity contribution >= 4 is 5.69 Å². The van der Waals surface area contributed by atoms with E-state index in [-0.39, 0.29) is 17.5 Å². The lowest BCUT2D eigenvalue weighted by atomic mass is 10.1. The molecule has 1 atom stereocenters. The monoisotopic (exact) mass is 351 g/mol. The number of benzene rings is 1. The number of halogens is 4. The molecule has 0 saturated carbocycles. The van der Waals surface area contributed by atoms with Gasteiger partial charge < -0.3 is 9.64 Å². The second kappa shape index (κ2) is 6.59. The van der Waals surface area contributed by atoms with Crippen molar-refractivity contribution in [2.75, 3.05) is 18.0 Å². The van der Waals surface area contributed by atoms with Crippen molar-refractivity contribution < 1.29 is 22.3 Å². The summed E-state index contributed by atoms with van der Waals surface area (Å²) in [6.07, 6.45) is -3.44. The fourth-order valence-corrected chi connectivity index (χ4v) is 2.72.